The molecule has 0 bridgehead atoms. The summed E-state index contributed by atoms with van der Waals surface area (Å²) in [6.45, 7) is 5.09. The minimum atomic E-state index is -1.68. The zero-order valence-electron chi connectivity index (χ0n) is 23.1. The molecule has 226 valence electrons. The number of rotatable bonds is 8. The highest BCUT2D eigenvalue weighted by molar-refractivity contribution is 5.89. The van der Waals surface area contributed by atoms with Crippen molar-refractivity contribution in [1.29, 1.82) is 0 Å². The van der Waals surface area contributed by atoms with Gasteiger partial charge in [-0.05, 0) is 36.1 Å². The summed E-state index contributed by atoms with van der Waals surface area (Å²) in [5.41, 5.74) is 1.72. The summed E-state index contributed by atoms with van der Waals surface area (Å²) in [6.07, 6.45) is -5.42. The number of aliphatic hydroxyl groups excluding tert-OH is 4. The topological polar surface area (TPSA) is 185 Å². The van der Waals surface area contributed by atoms with Crippen molar-refractivity contribution in [2.45, 2.75) is 62.8 Å². The minimum Gasteiger partial charge on any atom is -0.504 e. The molecule has 41 heavy (non-hydrogen) atoms. The van der Waals surface area contributed by atoms with Crippen molar-refractivity contribution in [3.63, 3.8) is 0 Å². The van der Waals surface area contributed by atoms with Gasteiger partial charge in [0.1, 0.15) is 24.4 Å². The SMILES string of the molecule is C=C[C@H]1[C@H](O[C@@H]2O[C@H](CO)[C@@H](O)[C@H](O)[C@H]2O)OC=C(C(=O)OC)[C@H]1C[C@@H]1c2cc(O)c(OC)cc2CCN1C(C)=O. The Kier molecular flexibility index (Phi) is 9.57. The second-order valence-corrected chi connectivity index (χ2v) is 10.3. The average molecular weight is 580 g/mol. The van der Waals surface area contributed by atoms with Gasteiger partial charge in [0.05, 0.1) is 38.7 Å². The summed E-state index contributed by atoms with van der Waals surface area (Å²) in [5.74, 6) is -2.11. The van der Waals surface area contributed by atoms with Crippen LogP contribution in [0, 0.1) is 11.8 Å². The molecule has 1 amide bonds. The van der Waals surface area contributed by atoms with Crippen LogP contribution in [0.25, 0.3) is 0 Å². The van der Waals surface area contributed by atoms with E-state index in [1.807, 2.05) is 0 Å². The molecular weight excluding hydrogens is 542 g/mol. The Bertz CT molecular complexity index is 1170. The van der Waals surface area contributed by atoms with E-state index in [1.54, 1.807) is 17.0 Å². The molecule has 13 nitrogen and oxygen atoms in total. The molecular formula is C28H37NO12. The zero-order chi connectivity index (χ0) is 30.0. The lowest BCUT2D eigenvalue weighted by atomic mass is 9.76. The number of nitrogens with zero attached hydrogens (tertiary/aromatic N) is 1. The van der Waals surface area contributed by atoms with Crippen molar-refractivity contribution in [3.8, 4) is 11.5 Å². The van der Waals surface area contributed by atoms with Gasteiger partial charge in [-0.25, -0.2) is 4.79 Å². The van der Waals surface area contributed by atoms with Crippen molar-refractivity contribution >= 4 is 11.9 Å². The van der Waals surface area contributed by atoms with Crippen molar-refractivity contribution in [3.05, 3.63) is 47.7 Å². The van der Waals surface area contributed by atoms with E-state index in [-0.39, 0.29) is 23.7 Å². The fourth-order valence-corrected chi connectivity index (χ4v) is 5.78. The molecule has 0 unspecified atom stereocenters. The fraction of sp³-hybridized carbons (Fsp3) is 0.571. The van der Waals surface area contributed by atoms with Gasteiger partial charge in [-0.1, -0.05) is 6.08 Å². The van der Waals surface area contributed by atoms with E-state index in [0.717, 1.165) is 5.56 Å². The molecule has 0 radical (unpaired) electrons. The average Bonchev–Trinajstić information content (AvgIpc) is 2.96. The highest BCUT2D eigenvalue weighted by Crippen LogP contribution is 2.45. The minimum absolute atomic E-state index is 0.0959. The maximum Gasteiger partial charge on any atom is 0.337 e. The molecule has 13 heteroatoms. The number of hydrogen-bond acceptors (Lipinski definition) is 12. The van der Waals surface area contributed by atoms with Crippen LogP contribution >= 0.6 is 0 Å². The normalized spacial score (nSPS) is 33.2. The maximum absolute atomic E-state index is 12.9. The van der Waals surface area contributed by atoms with E-state index in [4.69, 9.17) is 23.7 Å². The van der Waals surface area contributed by atoms with E-state index in [0.29, 0.717) is 24.3 Å². The molecule has 3 aliphatic heterocycles. The summed E-state index contributed by atoms with van der Waals surface area (Å²) >= 11 is 0. The lowest BCUT2D eigenvalue weighted by Crippen LogP contribution is -2.60. The maximum atomic E-state index is 12.9. The molecule has 0 aromatic heterocycles. The monoisotopic (exact) mass is 579 g/mol. The molecule has 1 saturated heterocycles. The first kappa shape index (κ1) is 30.8. The smallest absolute Gasteiger partial charge is 0.337 e. The van der Waals surface area contributed by atoms with Gasteiger partial charge in [0.2, 0.25) is 12.2 Å². The van der Waals surface area contributed by atoms with Crippen LogP contribution in [-0.4, -0.2) is 107 Å². The molecule has 1 aromatic rings. The number of carbonyl (C=O) groups excluding carboxylic acids is 2. The van der Waals surface area contributed by atoms with E-state index in [2.05, 4.69) is 6.58 Å². The number of methoxy groups -OCH3 is 2. The number of benzene rings is 1. The Morgan fingerprint density at radius 1 is 1.15 bits per heavy atom. The van der Waals surface area contributed by atoms with Gasteiger partial charge < -0.3 is 54.1 Å². The Morgan fingerprint density at radius 2 is 1.88 bits per heavy atom. The third-order valence-electron chi connectivity index (χ3n) is 8.00. The van der Waals surface area contributed by atoms with Crippen molar-refractivity contribution in [2.75, 3.05) is 27.4 Å². The molecule has 0 saturated carbocycles. The van der Waals surface area contributed by atoms with Crippen LogP contribution in [-0.2, 0) is 35.0 Å². The van der Waals surface area contributed by atoms with Crippen molar-refractivity contribution in [2.24, 2.45) is 11.8 Å². The molecule has 3 aliphatic rings. The Morgan fingerprint density at radius 3 is 2.49 bits per heavy atom. The standard InChI is InChI=1S/C28H37NO12/c1-5-15-17(9-19-16-10-20(32)21(37-3)8-14(16)6-7-29(19)13(2)31)18(26(36)38-4)12-39-27(15)41-28-25(35)24(34)23(33)22(11-30)40-28/h5,8,10,12,15,17,19,22-25,27-28,30,32-35H,1,6-7,9,11H2,2-4H3/t15-,17+,19-,22-,23-,24+,25-,27+,28+/m1/s1. The number of phenolic OH excluding ortho intramolecular Hbond substituents is 1. The first-order valence-electron chi connectivity index (χ1n) is 13.3. The number of esters is 1. The molecule has 9 atom stereocenters. The highest BCUT2D eigenvalue weighted by atomic mass is 16.8. The molecule has 5 N–H and O–H groups in total. The number of ether oxygens (including phenoxy) is 5. The van der Waals surface area contributed by atoms with Crippen LogP contribution in [0.5, 0.6) is 11.5 Å². The summed E-state index contributed by atoms with van der Waals surface area (Å²) < 4.78 is 27.4. The van der Waals surface area contributed by atoms with Gasteiger partial charge in [-0.3, -0.25) is 4.79 Å². The van der Waals surface area contributed by atoms with Crippen molar-refractivity contribution < 1.29 is 58.8 Å². The second-order valence-electron chi connectivity index (χ2n) is 10.3. The van der Waals surface area contributed by atoms with Crippen LogP contribution in [0.3, 0.4) is 0 Å². The van der Waals surface area contributed by atoms with Gasteiger partial charge in [0, 0.05) is 25.3 Å². The van der Waals surface area contributed by atoms with Gasteiger partial charge in [-0.2, -0.15) is 0 Å². The Labute approximate surface area is 237 Å². The summed E-state index contributed by atoms with van der Waals surface area (Å²) in [6, 6.07) is 2.71. The molecule has 0 aliphatic carbocycles. The molecule has 1 aromatic carbocycles. The zero-order valence-corrected chi connectivity index (χ0v) is 23.1. The quantitative estimate of drug-likeness (QED) is 0.204. The number of amides is 1. The third-order valence-corrected chi connectivity index (χ3v) is 8.00. The van der Waals surface area contributed by atoms with Crippen LogP contribution in [0.2, 0.25) is 0 Å². The van der Waals surface area contributed by atoms with Crippen LogP contribution in [0.1, 0.15) is 30.5 Å². The predicted octanol–water partition coefficient (Wildman–Crippen LogP) is -0.115. The van der Waals surface area contributed by atoms with Gasteiger partial charge in [0.25, 0.3) is 0 Å². The van der Waals surface area contributed by atoms with E-state index in [1.165, 1.54) is 33.5 Å². The molecule has 0 spiro atoms. The van der Waals surface area contributed by atoms with E-state index < -0.39 is 67.4 Å². The van der Waals surface area contributed by atoms with Crippen LogP contribution < -0.4 is 4.74 Å². The fourth-order valence-electron chi connectivity index (χ4n) is 5.78. The first-order chi connectivity index (χ1) is 19.6. The van der Waals surface area contributed by atoms with Crippen molar-refractivity contribution in [1.82, 2.24) is 4.90 Å². The number of phenols is 1. The number of hydrogen-bond donors (Lipinski definition) is 5. The third kappa shape index (κ3) is 5.92. The van der Waals surface area contributed by atoms with Gasteiger partial charge in [0.15, 0.2) is 17.8 Å². The lowest BCUT2D eigenvalue weighted by molar-refractivity contribution is -0.339. The number of aliphatic hydroxyl groups is 4. The van der Waals surface area contributed by atoms with E-state index >= 15 is 0 Å². The summed E-state index contributed by atoms with van der Waals surface area (Å²) in [5, 5.41) is 50.9. The highest BCUT2D eigenvalue weighted by Gasteiger charge is 2.48. The van der Waals surface area contributed by atoms with Crippen LogP contribution in [0.15, 0.2) is 36.6 Å². The summed E-state index contributed by atoms with van der Waals surface area (Å²) in [7, 11) is 2.67. The summed E-state index contributed by atoms with van der Waals surface area (Å²) in [4.78, 5) is 27.2. The Hall–Kier alpha value is -3.20. The Balaban J connectivity index is 1.70. The number of aromatic hydroxyl groups is 1. The largest absolute Gasteiger partial charge is 0.504 e. The molecule has 4 rings (SSSR count). The lowest BCUT2D eigenvalue weighted by Gasteiger charge is -2.44. The van der Waals surface area contributed by atoms with Gasteiger partial charge in [-0.15, -0.1) is 6.58 Å². The second kappa shape index (κ2) is 12.8. The molecule has 3 heterocycles. The number of carbonyl (C=O) groups is 2. The molecule has 1 fully saturated rings. The van der Waals surface area contributed by atoms with Gasteiger partial charge >= 0.3 is 5.97 Å². The predicted molar refractivity (Wildman–Crippen MR) is 140 cm³/mol. The van der Waals surface area contributed by atoms with E-state index in [9.17, 15) is 35.1 Å². The van der Waals surface area contributed by atoms with Crippen LogP contribution in [0.4, 0.5) is 0 Å². The number of fused-ring (bicyclic) bond motifs is 1. The first-order valence-corrected chi connectivity index (χ1v) is 13.3.